The van der Waals surface area contributed by atoms with Crippen molar-refractivity contribution in [1.29, 1.82) is 0 Å². The molecule has 0 bridgehead atoms. The first-order valence-corrected chi connectivity index (χ1v) is 12.2. The van der Waals surface area contributed by atoms with E-state index in [9.17, 15) is 4.79 Å². The highest BCUT2D eigenvalue weighted by molar-refractivity contribution is 5.80. The van der Waals surface area contributed by atoms with Gasteiger partial charge in [0, 0.05) is 12.1 Å². The zero-order valence-electron chi connectivity index (χ0n) is 20.4. The molecule has 8 nitrogen and oxygen atoms in total. The highest BCUT2D eigenvalue weighted by Gasteiger charge is 2.14. The summed E-state index contributed by atoms with van der Waals surface area (Å²) in [5.41, 5.74) is 3.98. The number of hydrogen-bond donors (Lipinski definition) is 1. The minimum Gasteiger partial charge on any atom is -0.274 e. The molecule has 35 heavy (non-hydrogen) atoms. The highest BCUT2D eigenvalue weighted by atomic mass is 16.2. The molecule has 0 saturated carbocycles. The molecule has 2 aromatic carbocycles. The average Bonchev–Trinajstić information content (AvgIpc) is 3.53. The van der Waals surface area contributed by atoms with Crippen LogP contribution >= 0.6 is 0 Å². The first-order chi connectivity index (χ1) is 17.2. The number of tetrazole rings is 1. The number of benzene rings is 2. The fourth-order valence-corrected chi connectivity index (χ4v) is 4.14. The second-order valence-corrected chi connectivity index (χ2v) is 8.52. The molecule has 4 rings (SSSR count). The topological polar surface area (TPSA) is 94.3 Å². The summed E-state index contributed by atoms with van der Waals surface area (Å²) in [7, 11) is 0. The van der Waals surface area contributed by atoms with Crippen molar-refractivity contribution in [2.24, 2.45) is 0 Å². The third kappa shape index (κ3) is 5.93. The van der Waals surface area contributed by atoms with Crippen LogP contribution in [0.5, 0.6) is 0 Å². The molecule has 180 valence electrons. The average molecular weight is 470 g/mol. The van der Waals surface area contributed by atoms with Gasteiger partial charge in [-0.25, -0.2) is 14.6 Å². The van der Waals surface area contributed by atoms with Gasteiger partial charge in [-0.1, -0.05) is 87.1 Å². The van der Waals surface area contributed by atoms with Crippen molar-refractivity contribution in [3.8, 4) is 34.4 Å². The van der Waals surface area contributed by atoms with Gasteiger partial charge in [0.15, 0.2) is 5.82 Å². The normalized spacial score (nSPS) is 10.8. The summed E-state index contributed by atoms with van der Waals surface area (Å²) in [5.74, 6) is 7.31. The van der Waals surface area contributed by atoms with Gasteiger partial charge < -0.3 is 0 Å². The molecule has 0 atom stereocenters. The van der Waals surface area contributed by atoms with Crippen LogP contribution in [0.25, 0.3) is 22.5 Å². The van der Waals surface area contributed by atoms with E-state index >= 15 is 0 Å². The molecular formula is C27H31N7O. The largest absolute Gasteiger partial charge is 0.346 e. The van der Waals surface area contributed by atoms with E-state index in [2.05, 4.69) is 68.8 Å². The number of aromatic nitrogens is 7. The minimum absolute atomic E-state index is 0.0689. The Morgan fingerprint density at radius 2 is 1.74 bits per heavy atom. The van der Waals surface area contributed by atoms with Crippen LogP contribution in [0.2, 0.25) is 0 Å². The van der Waals surface area contributed by atoms with Crippen LogP contribution in [0.4, 0.5) is 0 Å². The molecular weight excluding hydrogens is 438 g/mol. The molecule has 0 radical (unpaired) electrons. The fourth-order valence-electron chi connectivity index (χ4n) is 4.14. The van der Waals surface area contributed by atoms with E-state index in [0.29, 0.717) is 31.2 Å². The third-order valence-corrected chi connectivity index (χ3v) is 6.03. The number of hydrogen-bond acceptors (Lipinski definition) is 5. The van der Waals surface area contributed by atoms with Crippen molar-refractivity contribution >= 4 is 0 Å². The van der Waals surface area contributed by atoms with Gasteiger partial charge in [-0.2, -0.15) is 5.10 Å². The molecule has 4 aromatic rings. The van der Waals surface area contributed by atoms with Gasteiger partial charge in [0.05, 0.1) is 13.0 Å². The summed E-state index contributed by atoms with van der Waals surface area (Å²) in [4.78, 5) is 13.1. The Labute approximate surface area is 205 Å². The van der Waals surface area contributed by atoms with E-state index in [-0.39, 0.29) is 5.69 Å². The molecule has 1 N–H and O–H groups in total. The number of nitrogens with one attached hydrogen (secondary N) is 1. The quantitative estimate of drug-likeness (QED) is 0.258. The summed E-state index contributed by atoms with van der Waals surface area (Å²) in [6.45, 7) is 5.11. The van der Waals surface area contributed by atoms with Gasteiger partial charge >= 0.3 is 5.69 Å². The third-order valence-electron chi connectivity index (χ3n) is 6.03. The molecule has 0 spiro atoms. The maximum atomic E-state index is 13.1. The minimum atomic E-state index is -0.0689. The fraction of sp³-hybridized carbons (Fsp3) is 0.370. The predicted molar refractivity (Wildman–Crippen MR) is 137 cm³/mol. The first kappa shape index (κ1) is 24.1. The van der Waals surface area contributed by atoms with E-state index in [0.717, 1.165) is 35.1 Å². The summed E-state index contributed by atoms with van der Waals surface area (Å²) >= 11 is 0. The second kappa shape index (κ2) is 11.9. The van der Waals surface area contributed by atoms with Crippen LogP contribution < -0.4 is 5.69 Å². The molecule has 0 unspecified atom stereocenters. The van der Waals surface area contributed by atoms with Crippen LogP contribution in [0, 0.1) is 11.8 Å². The molecule has 0 saturated heterocycles. The number of H-pyrrole nitrogens is 1. The zero-order chi connectivity index (χ0) is 24.5. The van der Waals surface area contributed by atoms with Crippen molar-refractivity contribution in [3.05, 3.63) is 70.4 Å². The van der Waals surface area contributed by atoms with Gasteiger partial charge in [0.2, 0.25) is 0 Å². The van der Waals surface area contributed by atoms with Crippen molar-refractivity contribution in [2.45, 2.75) is 65.5 Å². The molecule has 2 aromatic heterocycles. The monoisotopic (exact) mass is 469 g/mol. The summed E-state index contributed by atoms with van der Waals surface area (Å²) in [6, 6.07) is 16.2. The predicted octanol–water partition coefficient (Wildman–Crippen LogP) is 4.48. The Balaban J connectivity index is 1.54. The van der Waals surface area contributed by atoms with Crippen LogP contribution in [0.15, 0.2) is 53.3 Å². The second-order valence-electron chi connectivity index (χ2n) is 8.52. The Hall–Kier alpha value is -3.99. The maximum absolute atomic E-state index is 13.1. The van der Waals surface area contributed by atoms with Crippen molar-refractivity contribution in [2.75, 3.05) is 0 Å². The molecule has 2 heterocycles. The number of nitrogens with zero attached hydrogens (tertiary/aromatic N) is 6. The van der Waals surface area contributed by atoms with Crippen molar-refractivity contribution in [3.63, 3.8) is 0 Å². The zero-order valence-corrected chi connectivity index (χ0v) is 20.4. The van der Waals surface area contributed by atoms with Crippen LogP contribution in [-0.4, -0.2) is 35.0 Å². The SMILES string of the molecule is CC#CCc1nn(CCCCCCC)c(=O)n1Cc1ccc(-c2ccccc2-c2nnn[nH]2)cc1. The summed E-state index contributed by atoms with van der Waals surface area (Å²) in [6.07, 6.45) is 6.18. The first-order valence-electron chi connectivity index (χ1n) is 12.2. The molecule has 0 aliphatic rings. The van der Waals surface area contributed by atoms with Gasteiger partial charge in [0.25, 0.3) is 0 Å². The van der Waals surface area contributed by atoms with Gasteiger partial charge in [-0.3, -0.25) is 4.57 Å². The molecule has 8 heteroatoms. The van der Waals surface area contributed by atoms with Crippen molar-refractivity contribution in [1.82, 2.24) is 35.0 Å². The van der Waals surface area contributed by atoms with Gasteiger partial charge in [-0.05, 0) is 40.5 Å². The van der Waals surface area contributed by atoms with E-state index in [1.54, 1.807) is 16.2 Å². The number of aromatic amines is 1. The number of rotatable bonds is 11. The lowest BCUT2D eigenvalue weighted by Gasteiger charge is -2.09. The van der Waals surface area contributed by atoms with Gasteiger partial charge in [-0.15, -0.1) is 11.0 Å². The Kier molecular flexibility index (Phi) is 8.23. The van der Waals surface area contributed by atoms with Crippen LogP contribution in [0.3, 0.4) is 0 Å². The Morgan fingerprint density at radius 3 is 2.46 bits per heavy atom. The lowest BCUT2D eigenvalue weighted by Crippen LogP contribution is -2.26. The maximum Gasteiger partial charge on any atom is 0.346 e. The molecule has 0 aliphatic heterocycles. The van der Waals surface area contributed by atoms with Gasteiger partial charge in [0.1, 0.15) is 5.82 Å². The van der Waals surface area contributed by atoms with Crippen molar-refractivity contribution < 1.29 is 0 Å². The van der Waals surface area contributed by atoms with E-state index in [4.69, 9.17) is 0 Å². The standard InChI is InChI=1S/C27H31N7O/c1-3-5-7-8-11-19-34-27(35)33(25(30-34)14-6-4-2)20-21-15-17-22(18-16-21)23-12-9-10-13-24(23)26-28-31-32-29-26/h9-10,12-13,15-18H,3,5,7-8,11,14,19-20H2,1-2H3,(H,28,29,31,32). The molecule has 0 aliphatic carbocycles. The smallest absolute Gasteiger partial charge is 0.274 e. The molecule has 0 amide bonds. The highest BCUT2D eigenvalue weighted by Crippen LogP contribution is 2.29. The number of aryl methyl sites for hydroxylation is 1. The summed E-state index contributed by atoms with van der Waals surface area (Å²) in [5, 5.41) is 18.9. The number of unbranched alkanes of at least 4 members (excludes halogenated alkanes) is 4. The molecule has 0 fully saturated rings. The Bertz CT molecular complexity index is 1340. The van der Waals surface area contributed by atoms with Crippen LogP contribution in [-0.2, 0) is 19.5 Å². The van der Waals surface area contributed by atoms with E-state index in [1.165, 1.54) is 19.3 Å². The summed E-state index contributed by atoms with van der Waals surface area (Å²) < 4.78 is 3.36. The Morgan fingerprint density at radius 1 is 0.971 bits per heavy atom. The van der Waals surface area contributed by atoms with E-state index in [1.807, 2.05) is 24.3 Å². The lowest BCUT2D eigenvalue weighted by atomic mass is 9.98. The lowest BCUT2D eigenvalue weighted by molar-refractivity contribution is 0.515. The van der Waals surface area contributed by atoms with Crippen LogP contribution in [0.1, 0.15) is 57.3 Å². The van der Waals surface area contributed by atoms with E-state index < -0.39 is 0 Å².